The predicted octanol–water partition coefficient (Wildman–Crippen LogP) is 4.40. The number of pyridine rings is 1. The van der Waals surface area contributed by atoms with E-state index in [4.69, 9.17) is 9.47 Å². The number of fused-ring (bicyclic) bond motifs is 1. The summed E-state index contributed by atoms with van der Waals surface area (Å²) in [7, 11) is 0. The molecular formula is C23H25NO4. The molecule has 0 bridgehead atoms. The van der Waals surface area contributed by atoms with Crippen LogP contribution in [0.3, 0.4) is 0 Å². The maximum atomic E-state index is 12.9. The summed E-state index contributed by atoms with van der Waals surface area (Å²) in [6.07, 6.45) is 1.67. The summed E-state index contributed by atoms with van der Waals surface area (Å²) in [6.45, 7) is 7.93. The molecule has 0 spiro atoms. The summed E-state index contributed by atoms with van der Waals surface area (Å²) in [6, 6.07) is 14.6. The van der Waals surface area contributed by atoms with Gasteiger partial charge in [-0.1, -0.05) is 12.1 Å². The minimum atomic E-state index is -0.361. The van der Waals surface area contributed by atoms with E-state index >= 15 is 0 Å². The highest BCUT2D eigenvalue weighted by molar-refractivity contribution is 5.89. The minimum Gasteiger partial charge on any atom is -0.491 e. The van der Waals surface area contributed by atoms with Crippen molar-refractivity contribution in [3.8, 4) is 5.75 Å². The molecule has 0 aliphatic carbocycles. The van der Waals surface area contributed by atoms with Crippen molar-refractivity contribution in [3.05, 3.63) is 76.2 Å². The Morgan fingerprint density at radius 1 is 1.00 bits per heavy atom. The Morgan fingerprint density at radius 3 is 2.50 bits per heavy atom. The lowest BCUT2D eigenvalue weighted by atomic mass is 10.1. The number of carbonyl (C=O) groups excluding carboxylic acids is 1. The molecule has 0 aliphatic heterocycles. The van der Waals surface area contributed by atoms with E-state index in [-0.39, 0.29) is 23.7 Å². The molecule has 0 N–H and O–H groups in total. The van der Waals surface area contributed by atoms with Gasteiger partial charge in [0.25, 0.3) is 5.56 Å². The zero-order chi connectivity index (χ0) is 20.3. The van der Waals surface area contributed by atoms with Gasteiger partial charge in [-0.25, -0.2) is 4.79 Å². The number of esters is 1. The van der Waals surface area contributed by atoms with Crippen LogP contribution in [0.5, 0.6) is 5.75 Å². The second kappa shape index (κ2) is 8.30. The van der Waals surface area contributed by atoms with Gasteiger partial charge < -0.3 is 14.0 Å². The summed E-state index contributed by atoms with van der Waals surface area (Å²) in [4.78, 5) is 25.0. The number of carbonyl (C=O) groups is 1. The number of rotatable bonds is 6. The molecule has 0 unspecified atom stereocenters. The van der Waals surface area contributed by atoms with Gasteiger partial charge in [0.15, 0.2) is 0 Å². The number of aromatic nitrogens is 1. The Bertz CT molecular complexity index is 1050. The first kappa shape index (κ1) is 19.7. The lowest BCUT2D eigenvalue weighted by Gasteiger charge is -2.12. The summed E-state index contributed by atoms with van der Waals surface area (Å²) in [5, 5.41) is 1.47. The standard InChI is InChI=1S/C23H25NO4/c1-15(2)27-20-8-9-21-18(13-20)10-11-24(22(21)25)14-17-6-5-7-19(12-17)23(26)28-16(3)4/h5-13,15-16H,14H2,1-4H3. The molecule has 28 heavy (non-hydrogen) atoms. The lowest BCUT2D eigenvalue weighted by Crippen LogP contribution is -2.20. The van der Waals surface area contributed by atoms with Gasteiger partial charge in [-0.05, 0) is 75.0 Å². The van der Waals surface area contributed by atoms with Gasteiger partial charge >= 0.3 is 5.97 Å². The fourth-order valence-electron chi connectivity index (χ4n) is 3.01. The van der Waals surface area contributed by atoms with Crippen LogP contribution in [-0.2, 0) is 11.3 Å². The Morgan fingerprint density at radius 2 is 1.79 bits per heavy atom. The van der Waals surface area contributed by atoms with E-state index in [1.54, 1.807) is 35.0 Å². The van der Waals surface area contributed by atoms with Gasteiger partial charge in [0.2, 0.25) is 0 Å². The third-order valence-electron chi connectivity index (χ3n) is 4.18. The second-order valence-electron chi connectivity index (χ2n) is 7.32. The predicted molar refractivity (Wildman–Crippen MR) is 110 cm³/mol. The fourth-order valence-corrected chi connectivity index (χ4v) is 3.01. The molecule has 5 nitrogen and oxygen atoms in total. The van der Waals surface area contributed by atoms with Crippen LogP contribution < -0.4 is 10.3 Å². The van der Waals surface area contributed by atoms with Gasteiger partial charge in [0.05, 0.1) is 24.3 Å². The molecule has 0 amide bonds. The number of hydrogen-bond acceptors (Lipinski definition) is 4. The minimum absolute atomic E-state index is 0.0764. The number of ether oxygens (including phenoxy) is 2. The van der Waals surface area contributed by atoms with Gasteiger partial charge in [-0.3, -0.25) is 4.79 Å². The molecule has 0 radical (unpaired) electrons. The Labute approximate surface area is 164 Å². The number of hydrogen-bond donors (Lipinski definition) is 0. The number of nitrogens with zero attached hydrogens (tertiary/aromatic N) is 1. The van der Waals surface area contributed by atoms with E-state index in [0.717, 1.165) is 16.7 Å². The third kappa shape index (κ3) is 4.60. The van der Waals surface area contributed by atoms with Crippen LogP contribution in [0.15, 0.2) is 59.5 Å². The van der Waals surface area contributed by atoms with Crippen LogP contribution in [0.1, 0.15) is 43.6 Å². The van der Waals surface area contributed by atoms with Crippen LogP contribution >= 0.6 is 0 Å². The van der Waals surface area contributed by atoms with Crippen molar-refractivity contribution in [2.24, 2.45) is 0 Å². The summed E-state index contributed by atoms with van der Waals surface area (Å²) < 4.78 is 12.6. The maximum Gasteiger partial charge on any atom is 0.338 e. The van der Waals surface area contributed by atoms with Gasteiger partial charge in [0, 0.05) is 11.6 Å². The molecule has 146 valence electrons. The first-order valence-electron chi connectivity index (χ1n) is 9.43. The molecule has 1 heterocycles. The van der Waals surface area contributed by atoms with Crippen molar-refractivity contribution in [2.45, 2.75) is 46.4 Å². The molecule has 0 saturated heterocycles. The fraction of sp³-hybridized carbons (Fsp3) is 0.304. The van der Waals surface area contributed by atoms with E-state index < -0.39 is 0 Å². The molecule has 0 aliphatic rings. The molecule has 1 aromatic heterocycles. The molecule has 0 fully saturated rings. The maximum absolute atomic E-state index is 12.9. The SMILES string of the molecule is CC(C)OC(=O)c1cccc(Cn2ccc3cc(OC(C)C)ccc3c2=O)c1. The monoisotopic (exact) mass is 379 g/mol. The topological polar surface area (TPSA) is 57.5 Å². The van der Waals surface area contributed by atoms with Gasteiger partial charge in [-0.2, -0.15) is 0 Å². The normalized spacial score (nSPS) is 11.2. The van der Waals surface area contributed by atoms with Crippen molar-refractivity contribution in [3.63, 3.8) is 0 Å². The van der Waals surface area contributed by atoms with Crippen molar-refractivity contribution in [1.82, 2.24) is 4.57 Å². The Hall–Kier alpha value is -3.08. The molecule has 0 saturated carbocycles. The van der Waals surface area contributed by atoms with E-state index in [2.05, 4.69) is 0 Å². The summed E-state index contributed by atoms with van der Waals surface area (Å²) >= 11 is 0. The van der Waals surface area contributed by atoms with Crippen LogP contribution in [0.25, 0.3) is 10.8 Å². The van der Waals surface area contributed by atoms with Gasteiger partial charge in [-0.15, -0.1) is 0 Å². The first-order valence-corrected chi connectivity index (χ1v) is 9.43. The third-order valence-corrected chi connectivity index (χ3v) is 4.18. The average Bonchev–Trinajstić information content (AvgIpc) is 2.63. The van der Waals surface area contributed by atoms with E-state index in [1.807, 2.05) is 52.0 Å². The zero-order valence-corrected chi connectivity index (χ0v) is 16.6. The van der Waals surface area contributed by atoms with E-state index in [1.165, 1.54) is 0 Å². The Balaban J connectivity index is 1.87. The Kier molecular flexibility index (Phi) is 5.83. The summed E-state index contributed by atoms with van der Waals surface area (Å²) in [5.41, 5.74) is 1.26. The van der Waals surface area contributed by atoms with Crippen molar-refractivity contribution in [2.75, 3.05) is 0 Å². The average molecular weight is 379 g/mol. The molecule has 0 atom stereocenters. The molecule has 3 rings (SSSR count). The summed E-state index contributed by atoms with van der Waals surface area (Å²) in [5.74, 6) is 0.386. The van der Waals surface area contributed by atoms with Crippen molar-refractivity contribution >= 4 is 16.7 Å². The first-order chi connectivity index (χ1) is 13.3. The van der Waals surface area contributed by atoms with E-state index in [0.29, 0.717) is 17.5 Å². The highest BCUT2D eigenvalue weighted by Gasteiger charge is 2.11. The van der Waals surface area contributed by atoms with Crippen molar-refractivity contribution in [1.29, 1.82) is 0 Å². The quantitative estimate of drug-likeness (QED) is 0.596. The van der Waals surface area contributed by atoms with Crippen molar-refractivity contribution < 1.29 is 14.3 Å². The van der Waals surface area contributed by atoms with Gasteiger partial charge in [0.1, 0.15) is 5.75 Å². The van der Waals surface area contributed by atoms with Crippen LogP contribution in [-0.4, -0.2) is 22.7 Å². The highest BCUT2D eigenvalue weighted by atomic mass is 16.5. The molecule has 3 aromatic rings. The van der Waals surface area contributed by atoms with Crippen LogP contribution in [0.4, 0.5) is 0 Å². The molecule has 5 heteroatoms. The largest absolute Gasteiger partial charge is 0.491 e. The smallest absolute Gasteiger partial charge is 0.338 e. The lowest BCUT2D eigenvalue weighted by molar-refractivity contribution is 0.0377. The highest BCUT2D eigenvalue weighted by Crippen LogP contribution is 2.20. The van der Waals surface area contributed by atoms with Crippen LogP contribution in [0.2, 0.25) is 0 Å². The molecule has 2 aromatic carbocycles. The van der Waals surface area contributed by atoms with Crippen LogP contribution in [0, 0.1) is 0 Å². The van der Waals surface area contributed by atoms with E-state index in [9.17, 15) is 9.59 Å². The second-order valence-corrected chi connectivity index (χ2v) is 7.32. The zero-order valence-electron chi connectivity index (χ0n) is 16.6. The molecular weight excluding hydrogens is 354 g/mol. The number of benzene rings is 2.